The smallest absolute Gasteiger partial charge is 0.276 e. The molecule has 3 aliphatic rings. The summed E-state index contributed by atoms with van der Waals surface area (Å²) < 4.78 is 10.7. The Kier molecular flexibility index (Phi) is 5.75. The van der Waals surface area contributed by atoms with E-state index in [-0.39, 0.29) is 11.8 Å². The summed E-state index contributed by atoms with van der Waals surface area (Å²) in [6.45, 7) is 0. The predicted molar refractivity (Wildman–Crippen MR) is 135 cm³/mol. The van der Waals surface area contributed by atoms with Gasteiger partial charge in [-0.3, -0.25) is 9.59 Å². The molecule has 0 radical (unpaired) electrons. The summed E-state index contributed by atoms with van der Waals surface area (Å²) in [6.07, 6.45) is 8.52. The highest BCUT2D eigenvalue weighted by molar-refractivity contribution is 6.25. The lowest BCUT2D eigenvalue weighted by Crippen LogP contribution is -2.41. The fourth-order valence-corrected chi connectivity index (χ4v) is 4.68. The van der Waals surface area contributed by atoms with Crippen LogP contribution in [-0.2, 0) is 9.59 Å². The molecule has 1 saturated heterocycles. The molecule has 2 bridgehead atoms. The van der Waals surface area contributed by atoms with Crippen LogP contribution in [0.4, 0.5) is 0 Å². The molecule has 176 valence electrons. The van der Waals surface area contributed by atoms with E-state index in [0.717, 1.165) is 44.9 Å². The van der Waals surface area contributed by atoms with Gasteiger partial charge >= 0.3 is 0 Å². The van der Waals surface area contributed by atoms with Crippen LogP contribution in [0.15, 0.2) is 95.1 Å². The average molecular weight is 467 g/mol. The minimum Gasteiger partial charge on any atom is -0.497 e. The lowest BCUT2D eigenvalue weighted by atomic mass is 9.94. The maximum Gasteiger partial charge on any atom is 0.276 e. The zero-order valence-corrected chi connectivity index (χ0v) is 20.2. The second-order valence-electron chi connectivity index (χ2n) is 8.73. The molecular weight excluding hydrogens is 440 g/mol. The number of fused-ring (bicyclic) bond motifs is 3. The van der Waals surface area contributed by atoms with Gasteiger partial charge in [0.1, 0.15) is 11.5 Å². The van der Waals surface area contributed by atoms with E-state index in [1.807, 2.05) is 60.7 Å². The minimum absolute atomic E-state index is 0.311. The summed E-state index contributed by atoms with van der Waals surface area (Å²) in [5, 5.41) is 2.71. The van der Waals surface area contributed by atoms with Crippen LogP contribution in [0.2, 0.25) is 0 Å². The van der Waals surface area contributed by atoms with Crippen molar-refractivity contribution in [3.63, 3.8) is 0 Å². The fourth-order valence-electron chi connectivity index (χ4n) is 4.68. The van der Waals surface area contributed by atoms with Crippen LogP contribution in [0.3, 0.4) is 0 Å². The van der Waals surface area contributed by atoms with Gasteiger partial charge in [-0.15, -0.1) is 0 Å². The molecule has 0 saturated carbocycles. The summed E-state index contributed by atoms with van der Waals surface area (Å²) in [7, 11) is 6.67. The van der Waals surface area contributed by atoms with Crippen molar-refractivity contribution in [3.8, 4) is 11.5 Å². The third kappa shape index (κ3) is 3.92. The maximum absolute atomic E-state index is 13.2. The third-order valence-electron chi connectivity index (χ3n) is 6.46. The summed E-state index contributed by atoms with van der Waals surface area (Å²) in [5.74, 6) is 0.927. The molecule has 2 aromatic carbocycles. The van der Waals surface area contributed by atoms with E-state index in [0.29, 0.717) is 17.6 Å². The molecule has 35 heavy (non-hydrogen) atoms. The Balaban J connectivity index is 1.73. The lowest BCUT2D eigenvalue weighted by Gasteiger charge is -2.20. The molecule has 1 aliphatic heterocycles. The van der Waals surface area contributed by atoms with Crippen LogP contribution in [0.5, 0.6) is 11.5 Å². The van der Waals surface area contributed by atoms with Gasteiger partial charge in [-0.25, -0.2) is 10.0 Å². The van der Waals surface area contributed by atoms with Crippen molar-refractivity contribution < 1.29 is 19.1 Å². The number of nitrogens with zero attached hydrogens (tertiary/aromatic N) is 2. The summed E-state index contributed by atoms with van der Waals surface area (Å²) in [4.78, 5) is 26.5. The van der Waals surface area contributed by atoms with Crippen LogP contribution >= 0.6 is 0 Å². The predicted octanol–water partition coefficient (Wildman–Crippen LogP) is 4.58. The number of imide groups is 1. The standard InChI is InChI=1S/C29H26N2O4/c1-30(2)31-28(32)26-16-20-15-21(17-27(26)29(31)33)25(19-7-11-23(35-4)12-8-19)14-13-24(20)18-5-9-22(34-3)10-6-18/h5-14,16-17H,15H2,1-4H3. The van der Waals surface area contributed by atoms with Gasteiger partial charge < -0.3 is 9.47 Å². The molecule has 1 heterocycles. The van der Waals surface area contributed by atoms with E-state index >= 15 is 0 Å². The topological polar surface area (TPSA) is 59.1 Å². The number of carbonyl (C=O) groups is 2. The van der Waals surface area contributed by atoms with Crippen LogP contribution < -0.4 is 9.47 Å². The normalized spacial score (nSPS) is 17.3. The highest BCUT2D eigenvalue weighted by Crippen LogP contribution is 2.41. The third-order valence-corrected chi connectivity index (χ3v) is 6.46. The molecule has 2 amide bonds. The number of rotatable bonds is 5. The average Bonchev–Trinajstić information content (AvgIpc) is 3.04. The van der Waals surface area contributed by atoms with Crippen molar-refractivity contribution in [2.45, 2.75) is 6.42 Å². The van der Waals surface area contributed by atoms with E-state index in [4.69, 9.17) is 9.47 Å². The van der Waals surface area contributed by atoms with Crippen molar-refractivity contribution in [3.05, 3.63) is 106 Å². The zero-order valence-electron chi connectivity index (χ0n) is 20.2. The van der Waals surface area contributed by atoms with Crippen molar-refractivity contribution >= 4 is 23.0 Å². The first-order valence-corrected chi connectivity index (χ1v) is 11.3. The quantitative estimate of drug-likeness (QED) is 0.604. The first-order valence-electron chi connectivity index (χ1n) is 11.3. The molecule has 2 aromatic rings. The highest BCUT2D eigenvalue weighted by Gasteiger charge is 2.41. The van der Waals surface area contributed by atoms with Crippen molar-refractivity contribution in [1.29, 1.82) is 0 Å². The van der Waals surface area contributed by atoms with Crippen LogP contribution in [-0.4, -0.2) is 50.1 Å². The van der Waals surface area contributed by atoms with Gasteiger partial charge in [0, 0.05) is 14.1 Å². The molecule has 6 nitrogen and oxygen atoms in total. The monoisotopic (exact) mass is 466 g/mol. The highest BCUT2D eigenvalue weighted by atomic mass is 16.5. The number of hydrazine groups is 1. The number of amides is 2. The number of methoxy groups -OCH3 is 2. The molecule has 0 aromatic heterocycles. The maximum atomic E-state index is 13.2. The molecule has 5 rings (SSSR count). The molecule has 0 spiro atoms. The van der Waals surface area contributed by atoms with Gasteiger partial charge in [0.15, 0.2) is 0 Å². The van der Waals surface area contributed by atoms with Gasteiger partial charge in [-0.1, -0.05) is 36.4 Å². The van der Waals surface area contributed by atoms with Crippen LogP contribution in [0.25, 0.3) is 11.1 Å². The second-order valence-corrected chi connectivity index (χ2v) is 8.73. The van der Waals surface area contributed by atoms with Crippen molar-refractivity contribution in [1.82, 2.24) is 10.0 Å². The molecule has 0 atom stereocenters. The summed E-state index contributed by atoms with van der Waals surface area (Å²) in [6, 6.07) is 15.7. The second kappa shape index (κ2) is 8.89. The van der Waals surface area contributed by atoms with E-state index in [9.17, 15) is 9.59 Å². The van der Waals surface area contributed by atoms with Crippen LogP contribution in [0.1, 0.15) is 17.5 Å². The largest absolute Gasteiger partial charge is 0.497 e. The number of hydrogen-bond donors (Lipinski definition) is 0. The Morgan fingerprint density at radius 1 is 0.686 bits per heavy atom. The Morgan fingerprint density at radius 2 is 1.09 bits per heavy atom. The summed E-state index contributed by atoms with van der Waals surface area (Å²) >= 11 is 0. The SMILES string of the molecule is COc1ccc(C2=C3C=C4C(=O)N(N(C)C)C(=O)C4=CC(=C(c4ccc(OC)cc4)C=C2)C3)cc1. The van der Waals surface area contributed by atoms with Gasteiger partial charge in [0.2, 0.25) is 0 Å². The lowest BCUT2D eigenvalue weighted by molar-refractivity contribution is -0.150. The van der Waals surface area contributed by atoms with E-state index in [1.165, 1.54) is 10.0 Å². The molecule has 0 unspecified atom stereocenters. The van der Waals surface area contributed by atoms with Gasteiger partial charge in [-0.05, 0) is 76.3 Å². The molecule has 6 heteroatoms. The van der Waals surface area contributed by atoms with Gasteiger partial charge in [0.25, 0.3) is 11.8 Å². The summed E-state index contributed by atoms with van der Waals surface area (Å²) in [5.41, 5.74) is 6.82. The van der Waals surface area contributed by atoms with Crippen molar-refractivity contribution in [2.24, 2.45) is 0 Å². The van der Waals surface area contributed by atoms with Gasteiger partial charge in [0.05, 0.1) is 25.4 Å². The van der Waals surface area contributed by atoms with E-state index in [2.05, 4.69) is 12.2 Å². The fraction of sp³-hybridized carbons (Fsp3) is 0.172. The van der Waals surface area contributed by atoms with E-state index in [1.54, 1.807) is 28.3 Å². The minimum atomic E-state index is -0.311. The van der Waals surface area contributed by atoms with Crippen molar-refractivity contribution in [2.75, 3.05) is 28.3 Å². The van der Waals surface area contributed by atoms with E-state index < -0.39 is 0 Å². The number of carbonyl (C=O) groups excluding carboxylic acids is 2. The first kappa shape index (κ1) is 22.6. The Hall–Kier alpha value is -4.16. The number of benzene rings is 2. The number of allylic oxidation sites excluding steroid dienone is 8. The molecular formula is C29H26N2O4. The number of ether oxygens (including phenoxy) is 2. The molecule has 1 fully saturated rings. The van der Waals surface area contributed by atoms with Crippen LogP contribution in [0, 0.1) is 0 Å². The molecule has 0 N–H and O–H groups in total. The molecule has 2 aliphatic carbocycles. The number of hydrogen-bond acceptors (Lipinski definition) is 5. The Bertz CT molecular complexity index is 1270. The Labute approximate surface area is 204 Å². The first-order chi connectivity index (χ1) is 16.9. The zero-order chi connectivity index (χ0) is 24.7. The van der Waals surface area contributed by atoms with Gasteiger partial charge in [-0.2, -0.15) is 0 Å². The Morgan fingerprint density at radius 3 is 1.43 bits per heavy atom.